The number of carbonyl (C=O) groups is 1. The van der Waals surface area contributed by atoms with Gasteiger partial charge in [0.1, 0.15) is 0 Å². The lowest BCUT2D eigenvalue weighted by Gasteiger charge is -2.41. The van der Waals surface area contributed by atoms with Crippen LogP contribution in [0.3, 0.4) is 0 Å². The van der Waals surface area contributed by atoms with E-state index >= 15 is 0 Å². The molecule has 3 aliphatic rings. The molecule has 3 rings (SSSR count). The van der Waals surface area contributed by atoms with Crippen LogP contribution in [0, 0.1) is 5.92 Å². The third kappa shape index (κ3) is 2.77. The van der Waals surface area contributed by atoms with Gasteiger partial charge in [-0.2, -0.15) is 0 Å². The molecular formula is C15H26N2O3. The molecule has 3 heterocycles. The molecule has 0 aliphatic carbocycles. The number of rotatable bonds is 2. The van der Waals surface area contributed by atoms with Crippen molar-refractivity contribution >= 4 is 5.78 Å². The summed E-state index contributed by atoms with van der Waals surface area (Å²) in [5.41, 5.74) is -0.169. The molecule has 0 aromatic rings. The van der Waals surface area contributed by atoms with Crippen LogP contribution in [0.1, 0.15) is 19.3 Å². The van der Waals surface area contributed by atoms with Crippen molar-refractivity contribution < 1.29 is 14.3 Å². The Morgan fingerprint density at radius 1 is 1.25 bits per heavy atom. The van der Waals surface area contributed by atoms with Gasteiger partial charge in [-0.15, -0.1) is 0 Å². The molecule has 5 nitrogen and oxygen atoms in total. The molecule has 0 bridgehead atoms. The number of nitrogens with zero attached hydrogens (tertiary/aromatic N) is 2. The number of Topliss-reactive ketones (excluding diaryl/α,β-unsaturated/α-hetero) is 1. The minimum Gasteiger partial charge on any atom is -0.378 e. The minimum atomic E-state index is -0.169. The highest BCUT2D eigenvalue weighted by atomic mass is 16.6. The van der Waals surface area contributed by atoms with Crippen molar-refractivity contribution in [3.63, 3.8) is 0 Å². The lowest BCUT2D eigenvalue weighted by molar-refractivity contribution is -0.143. The summed E-state index contributed by atoms with van der Waals surface area (Å²) in [6.07, 6.45) is 2.66. The van der Waals surface area contributed by atoms with E-state index in [1.807, 2.05) is 0 Å². The fourth-order valence-electron chi connectivity index (χ4n) is 3.72. The third-order valence-corrected chi connectivity index (χ3v) is 5.14. The molecule has 0 amide bonds. The molecule has 3 atom stereocenters. The van der Waals surface area contributed by atoms with Gasteiger partial charge in [0, 0.05) is 45.2 Å². The average molecular weight is 282 g/mol. The molecule has 1 spiro atoms. The van der Waals surface area contributed by atoms with Gasteiger partial charge in [-0.3, -0.25) is 9.69 Å². The summed E-state index contributed by atoms with van der Waals surface area (Å²) in [5, 5.41) is 0. The first-order valence-corrected chi connectivity index (χ1v) is 7.74. The molecule has 0 aromatic carbocycles. The average Bonchev–Trinajstić information content (AvgIpc) is 2.88. The number of likely N-dealkylation sites (N-methyl/N-ethyl adjacent to an activating group) is 2. The van der Waals surface area contributed by atoms with Crippen molar-refractivity contribution in [3.05, 3.63) is 0 Å². The third-order valence-electron chi connectivity index (χ3n) is 5.14. The van der Waals surface area contributed by atoms with Gasteiger partial charge in [-0.1, -0.05) is 0 Å². The molecular weight excluding hydrogens is 256 g/mol. The van der Waals surface area contributed by atoms with Crippen LogP contribution in [-0.2, 0) is 14.3 Å². The highest BCUT2D eigenvalue weighted by Crippen LogP contribution is 2.36. The Kier molecular flexibility index (Phi) is 4.13. The van der Waals surface area contributed by atoms with Crippen molar-refractivity contribution in [1.82, 2.24) is 9.80 Å². The molecule has 3 aliphatic heterocycles. The second kappa shape index (κ2) is 5.72. The lowest BCUT2D eigenvalue weighted by atomic mass is 9.80. The quantitative estimate of drug-likeness (QED) is 0.733. The maximum Gasteiger partial charge on any atom is 0.154 e. The van der Waals surface area contributed by atoms with E-state index in [1.165, 1.54) is 0 Å². The molecule has 0 N–H and O–H groups in total. The Balaban J connectivity index is 1.66. The van der Waals surface area contributed by atoms with E-state index in [9.17, 15) is 4.79 Å². The maximum absolute atomic E-state index is 12.9. The number of carbonyl (C=O) groups excluding carboxylic acids is 1. The summed E-state index contributed by atoms with van der Waals surface area (Å²) in [4.78, 5) is 17.4. The van der Waals surface area contributed by atoms with E-state index in [0.717, 1.165) is 45.5 Å². The number of hydrogen-bond donors (Lipinski definition) is 0. The zero-order valence-electron chi connectivity index (χ0n) is 12.6. The Morgan fingerprint density at radius 2 is 2.10 bits per heavy atom. The predicted molar refractivity (Wildman–Crippen MR) is 75.8 cm³/mol. The molecule has 0 radical (unpaired) electrons. The molecule has 3 unspecified atom stereocenters. The number of piperazine rings is 1. The second-order valence-corrected chi connectivity index (χ2v) is 6.68. The highest BCUT2D eigenvalue weighted by molar-refractivity contribution is 5.86. The van der Waals surface area contributed by atoms with Gasteiger partial charge in [0.15, 0.2) is 5.78 Å². The van der Waals surface area contributed by atoms with Gasteiger partial charge in [-0.25, -0.2) is 0 Å². The summed E-state index contributed by atoms with van der Waals surface area (Å²) in [5.74, 6) is 0.554. The zero-order chi connectivity index (χ0) is 14.2. The Hall–Kier alpha value is -0.490. The molecule has 0 saturated carbocycles. The Bertz CT molecular complexity index is 368. The first kappa shape index (κ1) is 14.4. The van der Waals surface area contributed by atoms with E-state index in [-0.39, 0.29) is 17.6 Å². The van der Waals surface area contributed by atoms with Gasteiger partial charge in [0.2, 0.25) is 0 Å². The van der Waals surface area contributed by atoms with E-state index in [0.29, 0.717) is 19.0 Å². The summed E-state index contributed by atoms with van der Waals surface area (Å²) in [7, 11) is 4.17. The Labute approximate surface area is 121 Å². The molecule has 3 saturated heterocycles. The molecule has 3 fully saturated rings. The van der Waals surface area contributed by atoms with Gasteiger partial charge in [0.25, 0.3) is 0 Å². The van der Waals surface area contributed by atoms with Crippen molar-refractivity contribution in [2.75, 3.05) is 53.6 Å². The summed E-state index contributed by atoms with van der Waals surface area (Å²) in [6.45, 7) is 5.02. The molecule has 20 heavy (non-hydrogen) atoms. The predicted octanol–water partition coefficient (Wildman–Crippen LogP) is 0.387. The number of ether oxygens (including phenoxy) is 2. The maximum atomic E-state index is 12.9. The molecule has 0 aromatic heterocycles. The number of ketones is 1. The monoisotopic (exact) mass is 282 g/mol. The van der Waals surface area contributed by atoms with Crippen molar-refractivity contribution in [1.29, 1.82) is 0 Å². The van der Waals surface area contributed by atoms with Crippen LogP contribution in [0.2, 0.25) is 0 Å². The van der Waals surface area contributed by atoms with E-state index in [1.54, 1.807) is 0 Å². The smallest absolute Gasteiger partial charge is 0.154 e. The highest BCUT2D eigenvalue weighted by Gasteiger charge is 2.44. The minimum absolute atomic E-state index is 0.0521. The largest absolute Gasteiger partial charge is 0.378 e. The van der Waals surface area contributed by atoms with Gasteiger partial charge in [-0.05, 0) is 26.9 Å². The first-order valence-electron chi connectivity index (χ1n) is 7.74. The van der Waals surface area contributed by atoms with Crippen molar-refractivity contribution in [3.8, 4) is 0 Å². The fourth-order valence-corrected chi connectivity index (χ4v) is 3.72. The van der Waals surface area contributed by atoms with Crippen LogP contribution >= 0.6 is 0 Å². The van der Waals surface area contributed by atoms with Gasteiger partial charge in [0.05, 0.1) is 18.2 Å². The zero-order valence-corrected chi connectivity index (χ0v) is 12.6. The van der Waals surface area contributed by atoms with E-state index in [2.05, 4.69) is 23.9 Å². The fraction of sp³-hybridized carbons (Fsp3) is 0.933. The van der Waals surface area contributed by atoms with Crippen LogP contribution in [0.15, 0.2) is 0 Å². The lowest BCUT2D eigenvalue weighted by Crippen LogP contribution is -2.56. The summed E-state index contributed by atoms with van der Waals surface area (Å²) < 4.78 is 11.4. The van der Waals surface area contributed by atoms with Crippen LogP contribution in [-0.4, -0.2) is 80.8 Å². The van der Waals surface area contributed by atoms with Gasteiger partial charge >= 0.3 is 0 Å². The second-order valence-electron chi connectivity index (χ2n) is 6.68. The van der Waals surface area contributed by atoms with Crippen LogP contribution in [0.5, 0.6) is 0 Å². The molecule has 114 valence electrons. The van der Waals surface area contributed by atoms with Crippen LogP contribution < -0.4 is 0 Å². The van der Waals surface area contributed by atoms with Crippen LogP contribution in [0.4, 0.5) is 0 Å². The van der Waals surface area contributed by atoms with E-state index < -0.39 is 0 Å². The SMILES string of the molecule is CN1CCN(C)C(C(=O)C2CCOC3(CCOC3)C2)C1. The summed E-state index contributed by atoms with van der Waals surface area (Å²) >= 11 is 0. The van der Waals surface area contributed by atoms with Gasteiger partial charge < -0.3 is 14.4 Å². The van der Waals surface area contributed by atoms with Crippen molar-refractivity contribution in [2.24, 2.45) is 5.92 Å². The Morgan fingerprint density at radius 3 is 2.85 bits per heavy atom. The standard InChI is InChI=1S/C15H26N2O3/c1-16-5-6-17(2)13(10-16)14(18)12-3-7-20-15(9-12)4-8-19-11-15/h12-13H,3-11H2,1-2H3. The van der Waals surface area contributed by atoms with E-state index in [4.69, 9.17) is 9.47 Å². The van der Waals surface area contributed by atoms with Crippen LogP contribution in [0.25, 0.3) is 0 Å². The first-order chi connectivity index (χ1) is 9.60. The summed E-state index contributed by atoms with van der Waals surface area (Å²) in [6, 6.07) is 0.0521. The van der Waals surface area contributed by atoms with Crippen molar-refractivity contribution in [2.45, 2.75) is 30.9 Å². The number of hydrogen-bond acceptors (Lipinski definition) is 5. The molecule has 5 heteroatoms. The normalized spacial score (nSPS) is 40.3. The topological polar surface area (TPSA) is 42.0 Å².